The molecule has 0 spiro atoms. The number of rotatable bonds is 5. The van der Waals surface area contributed by atoms with Crippen LogP contribution in [0.25, 0.3) is 10.9 Å². The fourth-order valence-corrected chi connectivity index (χ4v) is 3.59. The lowest BCUT2D eigenvalue weighted by Crippen LogP contribution is -2.31. The molecule has 1 saturated heterocycles. The van der Waals surface area contributed by atoms with E-state index in [1.807, 2.05) is 24.3 Å². The summed E-state index contributed by atoms with van der Waals surface area (Å²) in [5, 5.41) is 4.65. The third-order valence-corrected chi connectivity index (χ3v) is 5.20. The van der Waals surface area contributed by atoms with Crippen LogP contribution in [-0.4, -0.2) is 30.2 Å². The number of benzene rings is 2. The SMILES string of the molecule is COc1ccc(C(C)Nc2nc(N3CCCCC3)nc3ccccc23)cc1. The topological polar surface area (TPSA) is 50.3 Å². The van der Waals surface area contributed by atoms with Gasteiger partial charge in [0.05, 0.1) is 12.6 Å². The molecule has 2 heterocycles. The quantitative estimate of drug-likeness (QED) is 0.706. The minimum atomic E-state index is 0.128. The van der Waals surface area contributed by atoms with Crippen molar-refractivity contribution in [1.82, 2.24) is 9.97 Å². The smallest absolute Gasteiger partial charge is 0.227 e. The normalized spacial score (nSPS) is 15.6. The molecule has 0 bridgehead atoms. The largest absolute Gasteiger partial charge is 0.497 e. The number of ether oxygens (including phenoxy) is 1. The number of methoxy groups -OCH3 is 1. The second-order valence-electron chi connectivity index (χ2n) is 7.08. The van der Waals surface area contributed by atoms with Gasteiger partial charge in [0.15, 0.2) is 0 Å². The summed E-state index contributed by atoms with van der Waals surface area (Å²) in [6.07, 6.45) is 3.71. The highest BCUT2D eigenvalue weighted by Gasteiger charge is 2.17. The monoisotopic (exact) mass is 362 g/mol. The molecule has 0 saturated carbocycles. The molecule has 5 heteroatoms. The van der Waals surface area contributed by atoms with Crippen molar-refractivity contribution in [3.63, 3.8) is 0 Å². The number of aromatic nitrogens is 2. The van der Waals surface area contributed by atoms with Crippen LogP contribution in [0.5, 0.6) is 5.75 Å². The van der Waals surface area contributed by atoms with Crippen molar-refractivity contribution in [1.29, 1.82) is 0 Å². The maximum Gasteiger partial charge on any atom is 0.227 e. The number of hydrogen-bond acceptors (Lipinski definition) is 5. The average molecular weight is 362 g/mol. The van der Waals surface area contributed by atoms with Crippen LogP contribution in [0.3, 0.4) is 0 Å². The van der Waals surface area contributed by atoms with E-state index in [0.717, 1.165) is 41.5 Å². The summed E-state index contributed by atoms with van der Waals surface area (Å²) in [5.41, 5.74) is 2.18. The number of fused-ring (bicyclic) bond motifs is 1. The number of anilines is 2. The van der Waals surface area contributed by atoms with Gasteiger partial charge in [0, 0.05) is 24.5 Å². The third-order valence-electron chi connectivity index (χ3n) is 5.20. The van der Waals surface area contributed by atoms with Crippen LogP contribution in [0.1, 0.15) is 37.8 Å². The van der Waals surface area contributed by atoms with E-state index >= 15 is 0 Å². The van der Waals surface area contributed by atoms with Gasteiger partial charge in [-0.3, -0.25) is 0 Å². The lowest BCUT2D eigenvalue weighted by Gasteiger charge is -2.27. The summed E-state index contributed by atoms with van der Waals surface area (Å²) in [6, 6.07) is 16.5. The van der Waals surface area contributed by atoms with E-state index in [4.69, 9.17) is 14.7 Å². The lowest BCUT2D eigenvalue weighted by molar-refractivity contribution is 0.414. The first kappa shape index (κ1) is 17.6. The Morgan fingerprint density at radius 3 is 2.44 bits per heavy atom. The first-order valence-electron chi connectivity index (χ1n) is 9.67. The number of piperidine rings is 1. The van der Waals surface area contributed by atoms with E-state index in [9.17, 15) is 0 Å². The molecular weight excluding hydrogens is 336 g/mol. The highest BCUT2D eigenvalue weighted by Crippen LogP contribution is 2.28. The van der Waals surface area contributed by atoms with Crippen LogP contribution < -0.4 is 15.0 Å². The van der Waals surface area contributed by atoms with Gasteiger partial charge in [-0.05, 0) is 56.0 Å². The van der Waals surface area contributed by atoms with Crippen LogP contribution in [0, 0.1) is 0 Å². The number of hydrogen-bond donors (Lipinski definition) is 1. The Morgan fingerprint density at radius 1 is 0.963 bits per heavy atom. The van der Waals surface area contributed by atoms with Crippen molar-refractivity contribution in [2.45, 2.75) is 32.2 Å². The van der Waals surface area contributed by atoms with Crippen molar-refractivity contribution in [2.24, 2.45) is 0 Å². The Labute approximate surface area is 160 Å². The second kappa shape index (κ2) is 7.82. The Hall–Kier alpha value is -2.82. The Bertz CT molecular complexity index is 904. The molecule has 3 aromatic rings. The van der Waals surface area contributed by atoms with Crippen LogP contribution in [0.2, 0.25) is 0 Å². The summed E-state index contributed by atoms with van der Waals surface area (Å²) in [5.74, 6) is 2.59. The average Bonchev–Trinajstić information content (AvgIpc) is 2.74. The number of nitrogens with zero attached hydrogens (tertiary/aromatic N) is 3. The van der Waals surface area contributed by atoms with Crippen molar-refractivity contribution in [3.05, 3.63) is 54.1 Å². The molecule has 2 aromatic carbocycles. The zero-order valence-corrected chi connectivity index (χ0v) is 16.0. The lowest BCUT2D eigenvalue weighted by atomic mass is 10.1. The van der Waals surface area contributed by atoms with E-state index in [1.165, 1.54) is 24.8 Å². The highest BCUT2D eigenvalue weighted by molar-refractivity contribution is 5.90. The predicted octanol–water partition coefficient (Wildman–Crippen LogP) is 4.80. The van der Waals surface area contributed by atoms with E-state index in [2.05, 4.69) is 41.4 Å². The zero-order chi connectivity index (χ0) is 18.6. The van der Waals surface area contributed by atoms with Crippen molar-refractivity contribution in [3.8, 4) is 5.75 Å². The third kappa shape index (κ3) is 3.82. The molecule has 0 amide bonds. The van der Waals surface area contributed by atoms with Gasteiger partial charge in [-0.2, -0.15) is 4.98 Å². The minimum Gasteiger partial charge on any atom is -0.497 e. The Balaban J connectivity index is 1.66. The number of nitrogens with one attached hydrogen (secondary N) is 1. The van der Waals surface area contributed by atoms with E-state index in [-0.39, 0.29) is 6.04 Å². The van der Waals surface area contributed by atoms with Crippen LogP contribution >= 0.6 is 0 Å². The summed E-state index contributed by atoms with van der Waals surface area (Å²) < 4.78 is 5.26. The maximum absolute atomic E-state index is 5.26. The summed E-state index contributed by atoms with van der Waals surface area (Å²) in [6.45, 7) is 4.22. The first-order valence-corrected chi connectivity index (χ1v) is 9.67. The zero-order valence-electron chi connectivity index (χ0n) is 16.0. The van der Waals surface area contributed by atoms with Gasteiger partial charge in [-0.15, -0.1) is 0 Å². The van der Waals surface area contributed by atoms with Gasteiger partial charge in [0.25, 0.3) is 0 Å². The molecule has 1 atom stereocenters. The highest BCUT2D eigenvalue weighted by atomic mass is 16.5. The van der Waals surface area contributed by atoms with Crippen LogP contribution in [0.15, 0.2) is 48.5 Å². The molecule has 0 aliphatic carbocycles. The van der Waals surface area contributed by atoms with Crippen molar-refractivity contribution >= 4 is 22.7 Å². The van der Waals surface area contributed by atoms with Gasteiger partial charge in [0.2, 0.25) is 5.95 Å². The van der Waals surface area contributed by atoms with Gasteiger partial charge >= 0.3 is 0 Å². The Kier molecular flexibility index (Phi) is 5.10. The molecular formula is C22H26N4O. The molecule has 0 radical (unpaired) electrons. The van der Waals surface area contributed by atoms with E-state index < -0.39 is 0 Å². The molecule has 1 unspecified atom stereocenters. The minimum absolute atomic E-state index is 0.128. The van der Waals surface area contributed by atoms with E-state index in [1.54, 1.807) is 7.11 Å². The predicted molar refractivity (Wildman–Crippen MR) is 111 cm³/mol. The van der Waals surface area contributed by atoms with Crippen molar-refractivity contribution in [2.75, 3.05) is 30.4 Å². The molecule has 1 N–H and O–H groups in total. The Morgan fingerprint density at radius 2 is 1.70 bits per heavy atom. The summed E-state index contributed by atoms with van der Waals surface area (Å²) >= 11 is 0. The van der Waals surface area contributed by atoms with Crippen LogP contribution in [-0.2, 0) is 0 Å². The summed E-state index contributed by atoms with van der Waals surface area (Å²) in [7, 11) is 1.69. The second-order valence-corrected chi connectivity index (χ2v) is 7.08. The van der Waals surface area contributed by atoms with Gasteiger partial charge in [-0.25, -0.2) is 4.98 Å². The molecule has 1 aliphatic heterocycles. The molecule has 1 aromatic heterocycles. The standard InChI is InChI=1S/C22H26N4O/c1-16(17-10-12-18(27-2)13-11-17)23-21-19-8-4-5-9-20(19)24-22(25-21)26-14-6-3-7-15-26/h4-5,8-13,16H,3,6-7,14-15H2,1-2H3,(H,23,24,25). The van der Waals surface area contributed by atoms with Gasteiger partial charge in [0.1, 0.15) is 11.6 Å². The number of para-hydroxylation sites is 1. The fourth-order valence-electron chi connectivity index (χ4n) is 3.59. The fraction of sp³-hybridized carbons (Fsp3) is 0.364. The molecule has 1 aliphatic rings. The van der Waals surface area contributed by atoms with E-state index in [0.29, 0.717) is 0 Å². The summed E-state index contributed by atoms with van der Waals surface area (Å²) in [4.78, 5) is 12.0. The van der Waals surface area contributed by atoms with Gasteiger partial charge < -0.3 is 15.0 Å². The van der Waals surface area contributed by atoms with Gasteiger partial charge in [-0.1, -0.05) is 24.3 Å². The van der Waals surface area contributed by atoms with Crippen LogP contribution in [0.4, 0.5) is 11.8 Å². The maximum atomic E-state index is 5.26. The van der Waals surface area contributed by atoms with Crippen molar-refractivity contribution < 1.29 is 4.74 Å². The molecule has 5 nitrogen and oxygen atoms in total. The molecule has 140 valence electrons. The first-order chi connectivity index (χ1) is 13.2. The molecule has 27 heavy (non-hydrogen) atoms. The molecule has 1 fully saturated rings. The molecule has 4 rings (SSSR count).